The summed E-state index contributed by atoms with van der Waals surface area (Å²) in [4.78, 5) is 2.61. The Kier molecular flexibility index (Phi) is 6.69. The molecule has 1 rings (SSSR count). The van der Waals surface area contributed by atoms with Gasteiger partial charge in [0.2, 0.25) is 0 Å². The van der Waals surface area contributed by atoms with E-state index < -0.39 is 0 Å². The van der Waals surface area contributed by atoms with E-state index in [2.05, 4.69) is 30.3 Å². The number of hydrogen-bond donors (Lipinski definition) is 1. The van der Waals surface area contributed by atoms with Crippen molar-refractivity contribution in [1.82, 2.24) is 10.2 Å². The van der Waals surface area contributed by atoms with Crippen LogP contribution >= 0.6 is 11.8 Å². The van der Waals surface area contributed by atoms with Gasteiger partial charge in [-0.2, -0.15) is 11.8 Å². The summed E-state index contributed by atoms with van der Waals surface area (Å²) in [5.74, 6) is 0. The molecular formula is C12H26N2S. The van der Waals surface area contributed by atoms with Gasteiger partial charge in [0.05, 0.1) is 0 Å². The maximum Gasteiger partial charge on any atom is 0.0207 e. The summed E-state index contributed by atoms with van der Waals surface area (Å²) in [6, 6.07) is 0.759. The fourth-order valence-corrected chi connectivity index (χ4v) is 2.37. The zero-order valence-corrected chi connectivity index (χ0v) is 11.3. The third kappa shape index (κ3) is 5.23. The molecule has 15 heavy (non-hydrogen) atoms. The molecular weight excluding hydrogens is 204 g/mol. The van der Waals surface area contributed by atoms with Crippen molar-refractivity contribution in [3.63, 3.8) is 0 Å². The highest BCUT2D eigenvalue weighted by Crippen LogP contribution is 2.14. The Hall–Kier alpha value is 0.270. The molecule has 0 spiro atoms. The Balaban J connectivity index is 2.08. The molecule has 0 amide bonds. The molecule has 1 heterocycles. The molecule has 2 atom stereocenters. The molecule has 1 fully saturated rings. The highest BCUT2D eigenvalue weighted by molar-refractivity contribution is 7.99. The lowest BCUT2D eigenvalue weighted by Gasteiger charge is -2.18. The molecule has 1 N–H and O–H groups in total. The average molecular weight is 230 g/mol. The lowest BCUT2D eigenvalue weighted by molar-refractivity contribution is 0.323. The lowest BCUT2D eigenvalue weighted by Crippen LogP contribution is -2.33. The summed E-state index contributed by atoms with van der Waals surface area (Å²) in [6.07, 6.45) is 6.13. The highest BCUT2D eigenvalue weighted by Gasteiger charge is 2.21. The zero-order chi connectivity index (χ0) is 11.1. The second kappa shape index (κ2) is 7.53. The van der Waals surface area contributed by atoms with E-state index >= 15 is 0 Å². The van der Waals surface area contributed by atoms with Crippen molar-refractivity contribution in [1.29, 1.82) is 0 Å². The van der Waals surface area contributed by atoms with E-state index in [-0.39, 0.29) is 0 Å². The number of hydrogen-bond acceptors (Lipinski definition) is 3. The molecule has 0 aromatic heterocycles. The standard InChI is InChI=1S/C12H26N2S/c1-4-7-13-12-6-9-14(10-12)8-5-11(2)15-3/h11-13H,4-10H2,1-3H3. The Morgan fingerprint density at radius 1 is 1.53 bits per heavy atom. The van der Waals surface area contributed by atoms with Crippen molar-refractivity contribution < 1.29 is 0 Å². The molecule has 1 aliphatic heterocycles. The molecule has 0 aromatic rings. The van der Waals surface area contributed by atoms with E-state index in [1.165, 1.54) is 45.4 Å². The van der Waals surface area contributed by atoms with Crippen LogP contribution in [0.4, 0.5) is 0 Å². The Labute approximate surface area is 99.2 Å². The molecule has 0 aromatic carbocycles. The fourth-order valence-electron chi connectivity index (χ4n) is 2.03. The van der Waals surface area contributed by atoms with Crippen molar-refractivity contribution in [3.8, 4) is 0 Å². The van der Waals surface area contributed by atoms with E-state index in [1.807, 2.05) is 11.8 Å². The molecule has 90 valence electrons. The predicted molar refractivity (Wildman–Crippen MR) is 70.7 cm³/mol. The summed E-state index contributed by atoms with van der Waals surface area (Å²) in [5, 5.41) is 4.43. The van der Waals surface area contributed by atoms with Crippen molar-refractivity contribution in [2.24, 2.45) is 0 Å². The van der Waals surface area contributed by atoms with Gasteiger partial charge in [-0.25, -0.2) is 0 Å². The second-order valence-corrected chi connectivity index (χ2v) is 5.85. The largest absolute Gasteiger partial charge is 0.313 e. The van der Waals surface area contributed by atoms with Crippen LogP contribution in [0.1, 0.15) is 33.1 Å². The summed E-state index contributed by atoms with van der Waals surface area (Å²) in [7, 11) is 0. The number of nitrogens with zero attached hydrogens (tertiary/aromatic N) is 1. The SMILES string of the molecule is CCCNC1CCN(CCC(C)SC)C1. The van der Waals surface area contributed by atoms with Crippen LogP contribution < -0.4 is 5.32 Å². The van der Waals surface area contributed by atoms with Gasteiger partial charge in [-0.05, 0) is 45.2 Å². The summed E-state index contributed by atoms with van der Waals surface area (Å²) in [6.45, 7) is 9.59. The second-order valence-electron chi connectivity index (χ2n) is 4.58. The van der Waals surface area contributed by atoms with E-state index in [1.54, 1.807) is 0 Å². The predicted octanol–water partition coefficient (Wildman–Crippen LogP) is 2.20. The highest BCUT2D eigenvalue weighted by atomic mass is 32.2. The molecule has 1 saturated heterocycles. The Morgan fingerprint density at radius 2 is 2.33 bits per heavy atom. The van der Waals surface area contributed by atoms with Crippen LogP contribution in [0, 0.1) is 0 Å². The van der Waals surface area contributed by atoms with Gasteiger partial charge in [0.25, 0.3) is 0 Å². The van der Waals surface area contributed by atoms with E-state index in [9.17, 15) is 0 Å². The van der Waals surface area contributed by atoms with E-state index in [0.29, 0.717) is 0 Å². The fraction of sp³-hybridized carbons (Fsp3) is 1.00. The van der Waals surface area contributed by atoms with Crippen LogP contribution in [0.2, 0.25) is 0 Å². The van der Waals surface area contributed by atoms with Gasteiger partial charge in [-0.15, -0.1) is 0 Å². The van der Waals surface area contributed by atoms with Gasteiger partial charge >= 0.3 is 0 Å². The van der Waals surface area contributed by atoms with Crippen LogP contribution in [0.15, 0.2) is 0 Å². The smallest absolute Gasteiger partial charge is 0.0207 e. The molecule has 3 heteroatoms. The minimum atomic E-state index is 0.759. The maximum atomic E-state index is 3.62. The average Bonchev–Trinajstić information content (AvgIpc) is 2.71. The molecule has 2 unspecified atom stereocenters. The van der Waals surface area contributed by atoms with E-state index in [4.69, 9.17) is 0 Å². The quantitative estimate of drug-likeness (QED) is 0.722. The van der Waals surface area contributed by atoms with Crippen LogP contribution in [0.25, 0.3) is 0 Å². The lowest BCUT2D eigenvalue weighted by atomic mass is 10.2. The van der Waals surface area contributed by atoms with Gasteiger partial charge in [0.15, 0.2) is 0 Å². The van der Waals surface area contributed by atoms with Gasteiger partial charge < -0.3 is 10.2 Å². The number of rotatable bonds is 7. The molecule has 0 saturated carbocycles. The maximum absolute atomic E-state index is 3.62. The Morgan fingerprint density at radius 3 is 3.00 bits per heavy atom. The summed E-state index contributed by atoms with van der Waals surface area (Å²) < 4.78 is 0. The molecule has 0 bridgehead atoms. The van der Waals surface area contributed by atoms with Crippen molar-refractivity contribution in [2.75, 3.05) is 32.4 Å². The normalized spacial score (nSPS) is 24.6. The van der Waals surface area contributed by atoms with Crippen LogP contribution in [0.5, 0.6) is 0 Å². The van der Waals surface area contributed by atoms with Crippen molar-refractivity contribution >= 4 is 11.8 Å². The number of nitrogens with one attached hydrogen (secondary N) is 1. The number of thioether (sulfide) groups is 1. The summed E-state index contributed by atoms with van der Waals surface area (Å²) >= 11 is 1.98. The zero-order valence-electron chi connectivity index (χ0n) is 10.5. The first-order valence-electron chi connectivity index (χ1n) is 6.24. The first-order valence-corrected chi connectivity index (χ1v) is 7.53. The van der Waals surface area contributed by atoms with Crippen LogP contribution in [0.3, 0.4) is 0 Å². The van der Waals surface area contributed by atoms with Gasteiger partial charge in [-0.1, -0.05) is 13.8 Å². The monoisotopic (exact) mass is 230 g/mol. The Bertz CT molecular complexity index is 164. The topological polar surface area (TPSA) is 15.3 Å². The first-order chi connectivity index (χ1) is 7.26. The first kappa shape index (κ1) is 13.3. The van der Waals surface area contributed by atoms with Gasteiger partial charge in [-0.3, -0.25) is 0 Å². The van der Waals surface area contributed by atoms with Crippen molar-refractivity contribution in [2.45, 2.75) is 44.4 Å². The number of likely N-dealkylation sites (tertiary alicyclic amines) is 1. The third-order valence-corrected chi connectivity index (χ3v) is 4.25. The van der Waals surface area contributed by atoms with Crippen LogP contribution in [-0.4, -0.2) is 48.6 Å². The molecule has 2 nitrogen and oxygen atoms in total. The van der Waals surface area contributed by atoms with Crippen LogP contribution in [-0.2, 0) is 0 Å². The van der Waals surface area contributed by atoms with Gasteiger partial charge in [0.1, 0.15) is 0 Å². The summed E-state index contributed by atoms with van der Waals surface area (Å²) in [5.41, 5.74) is 0. The minimum absolute atomic E-state index is 0.759. The van der Waals surface area contributed by atoms with E-state index in [0.717, 1.165) is 11.3 Å². The minimum Gasteiger partial charge on any atom is -0.313 e. The molecule has 1 aliphatic rings. The molecule has 0 radical (unpaired) electrons. The molecule has 0 aliphatic carbocycles. The van der Waals surface area contributed by atoms with Crippen molar-refractivity contribution in [3.05, 3.63) is 0 Å². The van der Waals surface area contributed by atoms with Gasteiger partial charge in [0, 0.05) is 17.8 Å². The third-order valence-electron chi connectivity index (χ3n) is 3.21.